The minimum Gasteiger partial charge on any atom is -0.381 e. The fourth-order valence-corrected chi connectivity index (χ4v) is 3.40. The zero-order valence-electron chi connectivity index (χ0n) is 12.8. The third-order valence-corrected chi connectivity index (χ3v) is 4.85. The van der Waals surface area contributed by atoms with Crippen LogP contribution in [0, 0.1) is 11.3 Å². The van der Waals surface area contributed by atoms with E-state index in [1.54, 1.807) is 6.07 Å². The third-order valence-electron chi connectivity index (χ3n) is 4.36. The fraction of sp³-hybridized carbons (Fsp3) is 0.333. The normalized spacial score (nSPS) is 16.5. The lowest BCUT2D eigenvalue weighted by molar-refractivity contribution is 0.0543. The molecule has 3 rings (SSSR count). The van der Waals surface area contributed by atoms with E-state index in [1.165, 1.54) is 5.56 Å². The minimum atomic E-state index is 0.0202. The Kier molecular flexibility index (Phi) is 4.94. The zero-order valence-corrected chi connectivity index (χ0v) is 14.3. The van der Waals surface area contributed by atoms with E-state index in [-0.39, 0.29) is 5.41 Å². The van der Waals surface area contributed by atoms with Crippen molar-refractivity contribution in [3.63, 3.8) is 0 Å². The second-order valence-corrected chi connectivity index (χ2v) is 6.69. The van der Waals surface area contributed by atoms with E-state index in [2.05, 4.69) is 50.5 Å². The number of nitriles is 1. The first-order valence-electron chi connectivity index (χ1n) is 7.67. The lowest BCUT2D eigenvalue weighted by Gasteiger charge is -2.38. The highest BCUT2D eigenvalue weighted by Gasteiger charge is 2.34. The van der Waals surface area contributed by atoms with Gasteiger partial charge in [-0.15, -0.1) is 0 Å². The Balaban J connectivity index is 1.83. The van der Waals surface area contributed by atoms with E-state index < -0.39 is 0 Å². The van der Waals surface area contributed by atoms with Gasteiger partial charge in [0.15, 0.2) is 0 Å². The molecule has 0 bridgehead atoms. The van der Waals surface area contributed by atoms with Crippen LogP contribution >= 0.6 is 15.9 Å². The van der Waals surface area contributed by atoms with Gasteiger partial charge in [-0.2, -0.15) is 5.26 Å². The van der Waals surface area contributed by atoms with Crippen LogP contribution in [0.4, 0.5) is 5.82 Å². The molecule has 1 aliphatic heterocycles. The maximum atomic E-state index is 8.98. The molecule has 1 aromatic heterocycles. The summed E-state index contributed by atoms with van der Waals surface area (Å²) >= 11 is 3.57. The lowest BCUT2D eigenvalue weighted by atomic mass is 9.74. The predicted octanol–water partition coefficient (Wildman–Crippen LogP) is 3.88. The maximum Gasteiger partial charge on any atom is 0.142 e. The summed E-state index contributed by atoms with van der Waals surface area (Å²) < 4.78 is 6.66. The first-order valence-corrected chi connectivity index (χ1v) is 8.46. The quantitative estimate of drug-likeness (QED) is 0.885. The molecule has 5 heteroatoms. The van der Waals surface area contributed by atoms with Gasteiger partial charge in [0.05, 0.1) is 0 Å². The minimum absolute atomic E-state index is 0.0202. The van der Waals surface area contributed by atoms with E-state index in [9.17, 15) is 0 Å². The monoisotopic (exact) mass is 371 g/mol. The number of hydrogen-bond acceptors (Lipinski definition) is 4. The van der Waals surface area contributed by atoms with E-state index in [4.69, 9.17) is 10.00 Å². The number of benzene rings is 1. The third kappa shape index (κ3) is 3.72. The Morgan fingerprint density at radius 3 is 2.74 bits per heavy atom. The standard InChI is InChI=1S/C18H18BrN3O/c19-15-4-1-3-14(11-15)18(7-9-23-10-8-18)13-21-17-6-2-5-16(12-20)22-17/h1-6,11H,7-10,13H2,(H,21,22). The highest BCUT2D eigenvalue weighted by molar-refractivity contribution is 9.10. The molecule has 0 amide bonds. The molecule has 0 spiro atoms. The van der Waals surface area contributed by atoms with E-state index >= 15 is 0 Å². The van der Waals surface area contributed by atoms with E-state index in [0.29, 0.717) is 5.69 Å². The number of halogens is 1. The Labute approximate surface area is 144 Å². The van der Waals surface area contributed by atoms with Gasteiger partial charge in [0.1, 0.15) is 17.6 Å². The van der Waals surface area contributed by atoms with Gasteiger partial charge < -0.3 is 10.1 Å². The second-order valence-electron chi connectivity index (χ2n) is 5.78. The summed E-state index contributed by atoms with van der Waals surface area (Å²) in [4.78, 5) is 4.31. The van der Waals surface area contributed by atoms with Crippen LogP contribution in [0.15, 0.2) is 46.9 Å². The van der Waals surface area contributed by atoms with Crippen LogP contribution in [0.25, 0.3) is 0 Å². The number of nitrogens with zero attached hydrogens (tertiary/aromatic N) is 2. The number of aromatic nitrogens is 1. The van der Waals surface area contributed by atoms with Crippen molar-refractivity contribution in [3.8, 4) is 6.07 Å². The largest absolute Gasteiger partial charge is 0.381 e. The summed E-state index contributed by atoms with van der Waals surface area (Å²) in [6, 6.07) is 16.0. The van der Waals surface area contributed by atoms with Crippen molar-refractivity contribution in [2.45, 2.75) is 18.3 Å². The molecule has 4 nitrogen and oxygen atoms in total. The maximum absolute atomic E-state index is 8.98. The van der Waals surface area contributed by atoms with Gasteiger partial charge in [-0.25, -0.2) is 4.98 Å². The van der Waals surface area contributed by atoms with E-state index in [1.807, 2.05) is 18.2 Å². The van der Waals surface area contributed by atoms with Crippen LogP contribution in [0.3, 0.4) is 0 Å². The van der Waals surface area contributed by atoms with Crippen LogP contribution in [-0.4, -0.2) is 24.7 Å². The molecule has 2 aromatic rings. The number of anilines is 1. The van der Waals surface area contributed by atoms with Crippen LogP contribution in [0.2, 0.25) is 0 Å². The average molecular weight is 372 g/mol. The molecule has 1 aromatic carbocycles. The first kappa shape index (κ1) is 16.0. The SMILES string of the molecule is N#Cc1cccc(NCC2(c3cccc(Br)c3)CCOCC2)n1. The van der Waals surface area contributed by atoms with Crippen molar-refractivity contribution in [1.82, 2.24) is 4.98 Å². The van der Waals surface area contributed by atoms with Gasteiger partial charge in [-0.1, -0.05) is 34.1 Å². The van der Waals surface area contributed by atoms with Crippen molar-refractivity contribution in [2.24, 2.45) is 0 Å². The number of rotatable bonds is 4. The van der Waals surface area contributed by atoms with Gasteiger partial charge in [0.25, 0.3) is 0 Å². The van der Waals surface area contributed by atoms with Gasteiger partial charge in [0, 0.05) is 29.6 Å². The van der Waals surface area contributed by atoms with Crippen LogP contribution < -0.4 is 5.32 Å². The fourth-order valence-electron chi connectivity index (χ4n) is 3.00. The summed E-state index contributed by atoms with van der Waals surface area (Å²) in [6.45, 7) is 2.30. The van der Waals surface area contributed by atoms with Gasteiger partial charge in [-0.05, 0) is 42.7 Å². The molecule has 23 heavy (non-hydrogen) atoms. The smallest absolute Gasteiger partial charge is 0.142 e. The molecular formula is C18H18BrN3O. The predicted molar refractivity (Wildman–Crippen MR) is 93.3 cm³/mol. The van der Waals surface area contributed by atoms with Gasteiger partial charge in [0.2, 0.25) is 0 Å². The summed E-state index contributed by atoms with van der Waals surface area (Å²) in [6.07, 6.45) is 1.93. The molecule has 118 valence electrons. The van der Waals surface area contributed by atoms with Crippen molar-refractivity contribution in [2.75, 3.05) is 25.1 Å². The van der Waals surface area contributed by atoms with Crippen molar-refractivity contribution >= 4 is 21.7 Å². The Morgan fingerprint density at radius 1 is 1.22 bits per heavy atom. The highest BCUT2D eigenvalue weighted by Crippen LogP contribution is 2.36. The van der Waals surface area contributed by atoms with E-state index in [0.717, 1.165) is 42.9 Å². The molecule has 0 unspecified atom stereocenters. The average Bonchev–Trinajstić information content (AvgIpc) is 2.61. The molecule has 2 heterocycles. The Bertz CT molecular complexity index is 720. The summed E-state index contributed by atoms with van der Waals surface area (Å²) in [5.41, 5.74) is 1.75. The lowest BCUT2D eigenvalue weighted by Crippen LogP contribution is -2.40. The summed E-state index contributed by atoms with van der Waals surface area (Å²) in [5.74, 6) is 0.741. The van der Waals surface area contributed by atoms with Crippen molar-refractivity contribution in [3.05, 3.63) is 58.2 Å². The molecule has 1 aliphatic rings. The molecule has 0 atom stereocenters. The van der Waals surface area contributed by atoms with Gasteiger partial charge in [-0.3, -0.25) is 0 Å². The molecule has 0 aliphatic carbocycles. The number of pyridine rings is 1. The number of hydrogen-bond donors (Lipinski definition) is 1. The topological polar surface area (TPSA) is 57.9 Å². The molecule has 1 fully saturated rings. The zero-order chi connectivity index (χ0) is 16.1. The highest BCUT2D eigenvalue weighted by atomic mass is 79.9. The molecular weight excluding hydrogens is 354 g/mol. The molecule has 1 saturated heterocycles. The Hall–Kier alpha value is -1.90. The number of ether oxygens (including phenoxy) is 1. The molecule has 1 N–H and O–H groups in total. The van der Waals surface area contributed by atoms with Crippen molar-refractivity contribution in [1.29, 1.82) is 5.26 Å². The molecule has 0 radical (unpaired) electrons. The summed E-state index contributed by atoms with van der Waals surface area (Å²) in [5, 5.41) is 12.4. The molecule has 0 saturated carbocycles. The van der Waals surface area contributed by atoms with Crippen LogP contribution in [0.5, 0.6) is 0 Å². The Morgan fingerprint density at radius 2 is 2.00 bits per heavy atom. The van der Waals surface area contributed by atoms with Crippen LogP contribution in [-0.2, 0) is 10.2 Å². The van der Waals surface area contributed by atoms with Crippen molar-refractivity contribution < 1.29 is 4.74 Å². The van der Waals surface area contributed by atoms with Crippen LogP contribution in [0.1, 0.15) is 24.1 Å². The summed E-state index contributed by atoms with van der Waals surface area (Å²) in [7, 11) is 0. The number of nitrogens with one attached hydrogen (secondary N) is 1. The first-order chi connectivity index (χ1) is 11.2. The second kappa shape index (κ2) is 7.12. The van der Waals surface area contributed by atoms with Gasteiger partial charge >= 0.3 is 0 Å².